The maximum absolute atomic E-state index is 11.3. The predicted molar refractivity (Wildman–Crippen MR) is 99.2 cm³/mol. The second-order valence-electron chi connectivity index (χ2n) is 6.02. The summed E-state index contributed by atoms with van der Waals surface area (Å²) in [5.74, 6) is 1.01. The third-order valence-corrected chi connectivity index (χ3v) is 4.08. The van der Waals surface area contributed by atoms with E-state index < -0.39 is 0 Å². The molecule has 0 unspecified atom stereocenters. The molecule has 0 bridgehead atoms. The largest absolute Gasteiger partial charge is 0.355 e. The van der Waals surface area contributed by atoms with Gasteiger partial charge in [0.25, 0.3) is 0 Å². The quantitative estimate of drug-likeness (QED) is 0.551. The average molecular weight is 337 g/mol. The Kier molecular flexibility index (Phi) is 5.74. The van der Waals surface area contributed by atoms with Gasteiger partial charge < -0.3 is 15.6 Å². The van der Waals surface area contributed by atoms with Crippen molar-refractivity contribution in [3.8, 4) is 11.3 Å². The van der Waals surface area contributed by atoms with Crippen LogP contribution < -0.4 is 10.6 Å². The highest BCUT2D eigenvalue weighted by molar-refractivity contribution is 5.85. The highest BCUT2D eigenvalue weighted by atomic mass is 16.1. The molecule has 0 radical (unpaired) electrons. The van der Waals surface area contributed by atoms with Crippen molar-refractivity contribution in [1.82, 2.24) is 25.6 Å². The molecule has 3 aromatic rings. The van der Waals surface area contributed by atoms with Crippen molar-refractivity contribution in [3.05, 3.63) is 48.7 Å². The molecule has 0 fully saturated rings. The number of aromatic amines is 1. The lowest BCUT2D eigenvalue weighted by Crippen LogP contribution is -2.32. The highest BCUT2D eigenvalue weighted by Crippen LogP contribution is 2.22. The summed E-state index contributed by atoms with van der Waals surface area (Å²) in [6.45, 7) is 1.06. The molecule has 0 aliphatic heterocycles. The standard InChI is InChI=1S/C19H23N5O/c1-20-13-19(25)22-8-3-2-4-18-23-12-17(24-18)15-6-5-14-7-9-21-11-16(14)10-15/h5-7,9-12,20H,2-4,8,13H2,1H3,(H,22,25)(H,23,24). The second kappa shape index (κ2) is 8.39. The van der Waals surface area contributed by atoms with E-state index in [0.717, 1.165) is 41.7 Å². The fourth-order valence-corrected chi connectivity index (χ4v) is 2.76. The molecular formula is C19H23N5O. The summed E-state index contributed by atoms with van der Waals surface area (Å²) in [5.41, 5.74) is 2.13. The normalized spacial score (nSPS) is 10.9. The van der Waals surface area contributed by atoms with Crippen molar-refractivity contribution in [2.24, 2.45) is 0 Å². The lowest BCUT2D eigenvalue weighted by Gasteiger charge is -2.04. The molecule has 2 aromatic heterocycles. The Bertz CT molecular complexity index is 842. The Hall–Kier alpha value is -2.73. The van der Waals surface area contributed by atoms with Crippen LogP contribution in [-0.2, 0) is 11.2 Å². The van der Waals surface area contributed by atoms with E-state index in [-0.39, 0.29) is 5.91 Å². The number of hydrogen-bond donors (Lipinski definition) is 3. The van der Waals surface area contributed by atoms with Crippen LogP contribution in [0.4, 0.5) is 0 Å². The fraction of sp³-hybridized carbons (Fsp3) is 0.316. The van der Waals surface area contributed by atoms with Crippen molar-refractivity contribution in [3.63, 3.8) is 0 Å². The molecule has 0 aliphatic carbocycles. The predicted octanol–water partition coefficient (Wildman–Crippen LogP) is 2.28. The number of rotatable bonds is 8. The topological polar surface area (TPSA) is 82.7 Å². The third kappa shape index (κ3) is 4.64. The lowest BCUT2D eigenvalue weighted by molar-refractivity contribution is -0.120. The van der Waals surface area contributed by atoms with Gasteiger partial charge in [0.05, 0.1) is 18.4 Å². The first-order valence-corrected chi connectivity index (χ1v) is 8.55. The average Bonchev–Trinajstić information content (AvgIpc) is 3.10. The second-order valence-corrected chi connectivity index (χ2v) is 6.02. The first-order chi connectivity index (χ1) is 12.3. The zero-order valence-electron chi connectivity index (χ0n) is 14.4. The van der Waals surface area contributed by atoms with Crippen LogP contribution in [0.5, 0.6) is 0 Å². The van der Waals surface area contributed by atoms with Crippen molar-refractivity contribution < 1.29 is 4.79 Å². The molecule has 1 aromatic carbocycles. The molecule has 0 atom stereocenters. The summed E-state index contributed by atoms with van der Waals surface area (Å²) in [5, 5.41) is 8.01. The molecular weight excluding hydrogens is 314 g/mol. The Morgan fingerprint density at radius 3 is 2.96 bits per heavy atom. The molecule has 6 nitrogen and oxygen atoms in total. The van der Waals surface area contributed by atoms with E-state index >= 15 is 0 Å². The molecule has 0 saturated carbocycles. The molecule has 6 heteroatoms. The monoisotopic (exact) mass is 337 g/mol. The Labute approximate surface area is 147 Å². The number of pyridine rings is 1. The number of H-pyrrole nitrogens is 1. The molecule has 3 rings (SSSR count). The van der Waals surface area contributed by atoms with Crippen LogP contribution in [0.2, 0.25) is 0 Å². The van der Waals surface area contributed by atoms with E-state index in [9.17, 15) is 4.79 Å². The van der Waals surface area contributed by atoms with E-state index in [1.165, 1.54) is 5.39 Å². The van der Waals surface area contributed by atoms with Gasteiger partial charge in [-0.3, -0.25) is 9.78 Å². The minimum absolute atomic E-state index is 0.0357. The summed E-state index contributed by atoms with van der Waals surface area (Å²) in [6.07, 6.45) is 8.34. The summed E-state index contributed by atoms with van der Waals surface area (Å²) >= 11 is 0. The lowest BCUT2D eigenvalue weighted by atomic mass is 10.1. The van der Waals surface area contributed by atoms with Gasteiger partial charge in [0, 0.05) is 36.3 Å². The number of likely N-dealkylation sites (N-methyl/N-ethyl adjacent to an activating group) is 1. The van der Waals surface area contributed by atoms with Gasteiger partial charge in [0.1, 0.15) is 5.82 Å². The molecule has 1 amide bonds. The summed E-state index contributed by atoms with van der Waals surface area (Å²) in [6, 6.07) is 8.32. The highest BCUT2D eigenvalue weighted by Gasteiger charge is 2.05. The number of unbranched alkanes of at least 4 members (excludes halogenated alkanes) is 1. The summed E-state index contributed by atoms with van der Waals surface area (Å²) in [7, 11) is 1.76. The molecule has 130 valence electrons. The molecule has 25 heavy (non-hydrogen) atoms. The number of nitrogens with one attached hydrogen (secondary N) is 3. The van der Waals surface area contributed by atoms with Crippen LogP contribution in [-0.4, -0.2) is 41.0 Å². The van der Waals surface area contributed by atoms with Crippen molar-refractivity contribution >= 4 is 16.7 Å². The number of aryl methyl sites for hydroxylation is 1. The van der Waals surface area contributed by atoms with Crippen molar-refractivity contribution in [1.29, 1.82) is 0 Å². The molecule has 3 N–H and O–H groups in total. The fourth-order valence-electron chi connectivity index (χ4n) is 2.76. The van der Waals surface area contributed by atoms with Crippen LogP contribution in [0.3, 0.4) is 0 Å². The van der Waals surface area contributed by atoms with E-state index in [1.54, 1.807) is 13.2 Å². The van der Waals surface area contributed by atoms with Crippen LogP contribution >= 0.6 is 0 Å². The molecule has 0 aliphatic rings. The van der Waals surface area contributed by atoms with E-state index in [1.807, 2.05) is 18.5 Å². The number of nitrogens with zero attached hydrogens (tertiary/aromatic N) is 2. The van der Waals surface area contributed by atoms with Crippen molar-refractivity contribution in [2.45, 2.75) is 19.3 Å². The van der Waals surface area contributed by atoms with Crippen LogP contribution in [0.15, 0.2) is 42.9 Å². The number of aromatic nitrogens is 3. The molecule has 2 heterocycles. The number of carbonyl (C=O) groups is 1. The Morgan fingerprint density at radius 2 is 2.08 bits per heavy atom. The minimum atomic E-state index is 0.0357. The van der Waals surface area contributed by atoms with Gasteiger partial charge >= 0.3 is 0 Å². The zero-order valence-corrected chi connectivity index (χ0v) is 14.4. The number of amides is 1. The Morgan fingerprint density at radius 1 is 1.16 bits per heavy atom. The van der Waals surface area contributed by atoms with E-state index in [2.05, 4.69) is 43.8 Å². The molecule has 0 spiro atoms. The maximum Gasteiger partial charge on any atom is 0.233 e. The number of imidazole rings is 1. The summed E-state index contributed by atoms with van der Waals surface area (Å²) in [4.78, 5) is 23.4. The van der Waals surface area contributed by atoms with Gasteiger partial charge in [0.2, 0.25) is 5.91 Å². The van der Waals surface area contributed by atoms with Gasteiger partial charge in [-0.2, -0.15) is 0 Å². The number of benzene rings is 1. The minimum Gasteiger partial charge on any atom is -0.355 e. The Balaban J connectivity index is 1.52. The van der Waals surface area contributed by atoms with Crippen molar-refractivity contribution in [2.75, 3.05) is 20.1 Å². The van der Waals surface area contributed by atoms with Gasteiger partial charge in [-0.05, 0) is 37.4 Å². The third-order valence-electron chi connectivity index (χ3n) is 4.08. The smallest absolute Gasteiger partial charge is 0.233 e. The van der Waals surface area contributed by atoms with Gasteiger partial charge in [0.15, 0.2) is 0 Å². The van der Waals surface area contributed by atoms with Crippen LogP contribution in [0.1, 0.15) is 18.7 Å². The first kappa shape index (κ1) is 17.1. The van der Waals surface area contributed by atoms with Gasteiger partial charge in [-0.15, -0.1) is 0 Å². The number of carbonyl (C=O) groups excluding carboxylic acids is 1. The first-order valence-electron chi connectivity index (χ1n) is 8.55. The van der Waals surface area contributed by atoms with Gasteiger partial charge in [-0.25, -0.2) is 4.98 Å². The molecule has 0 saturated heterocycles. The maximum atomic E-state index is 11.3. The number of fused-ring (bicyclic) bond motifs is 1. The summed E-state index contributed by atoms with van der Waals surface area (Å²) < 4.78 is 0. The number of hydrogen-bond acceptors (Lipinski definition) is 4. The van der Waals surface area contributed by atoms with Gasteiger partial charge in [-0.1, -0.05) is 12.1 Å². The van der Waals surface area contributed by atoms with Crippen LogP contribution in [0, 0.1) is 0 Å². The van der Waals surface area contributed by atoms with Crippen LogP contribution in [0.25, 0.3) is 22.0 Å². The van der Waals surface area contributed by atoms with E-state index in [0.29, 0.717) is 13.1 Å². The SMILES string of the molecule is CNCC(=O)NCCCCc1ncc(-c2ccc3ccncc3c2)[nH]1. The van der Waals surface area contributed by atoms with E-state index in [4.69, 9.17) is 0 Å². The zero-order chi connectivity index (χ0) is 17.5.